The fourth-order valence-corrected chi connectivity index (χ4v) is 4.59. The zero-order valence-corrected chi connectivity index (χ0v) is 14.0. The molecule has 3 aliphatic heterocycles. The number of aryl methyl sites for hydroxylation is 1. The molecule has 124 valence electrons. The van der Waals surface area contributed by atoms with Crippen LogP contribution in [0.15, 0.2) is 24.3 Å². The van der Waals surface area contributed by atoms with E-state index in [1.54, 1.807) is 0 Å². The number of hydrogen-bond donors (Lipinski definition) is 1. The minimum atomic E-state index is 0.0891. The Labute approximate surface area is 138 Å². The molecule has 4 heteroatoms. The fraction of sp³-hybridized carbons (Fsp3) is 0.632. The molecule has 2 bridgehead atoms. The molecule has 23 heavy (non-hydrogen) atoms. The number of benzene rings is 1. The van der Waals surface area contributed by atoms with E-state index in [2.05, 4.69) is 43.4 Å². The number of urea groups is 1. The fourth-order valence-electron chi connectivity index (χ4n) is 4.59. The van der Waals surface area contributed by atoms with Crippen LogP contribution in [-0.2, 0) is 4.74 Å². The number of nitrogens with one attached hydrogen (secondary N) is 1. The largest absolute Gasteiger partial charge is 0.374 e. The van der Waals surface area contributed by atoms with Crippen LogP contribution < -0.4 is 5.32 Å². The average Bonchev–Trinajstić information content (AvgIpc) is 3.25. The van der Waals surface area contributed by atoms with Crippen molar-refractivity contribution in [3.63, 3.8) is 0 Å². The minimum Gasteiger partial charge on any atom is -0.374 e. The quantitative estimate of drug-likeness (QED) is 0.930. The second-order valence-corrected chi connectivity index (χ2v) is 7.34. The highest BCUT2D eigenvalue weighted by Gasteiger charge is 2.53. The Morgan fingerprint density at radius 3 is 2.39 bits per heavy atom. The van der Waals surface area contributed by atoms with Crippen molar-refractivity contribution in [2.45, 2.75) is 51.4 Å². The number of rotatable bonds is 3. The van der Waals surface area contributed by atoms with E-state index in [0.717, 1.165) is 19.5 Å². The van der Waals surface area contributed by atoms with Crippen LogP contribution in [-0.4, -0.2) is 36.2 Å². The number of amides is 2. The molecular formula is C19H26N2O2. The van der Waals surface area contributed by atoms with Gasteiger partial charge in [0, 0.05) is 24.9 Å². The van der Waals surface area contributed by atoms with Crippen molar-refractivity contribution in [2.75, 3.05) is 13.1 Å². The lowest BCUT2D eigenvalue weighted by atomic mass is 9.82. The first kappa shape index (κ1) is 15.0. The van der Waals surface area contributed by atoms with Crippen LogP contribution in [0.1, 0.15) is 43.4 Å². The van der Waals surface area contributed by atoms with Gasteiger partial charge in [0.05, 0.1) is 18.2 Å². The van der Waals surface area contributed by atoms with Crippen molar-refractivity contribution in [1.29, 1.82) is 0 Å². The van der Waals surface area contributed by atoms with Gasteiger partial charge in [-0.1, -0.05) is 36.8 Å². The molecule has 4 nitrogen and oxygen atoms in total. The number of nitrogens with zero attached hydrogens (tertiary/aromatic N) is 1. The molecule has 4 rings (SSSR count). The van der Waals surface area contributed by atoms with E-state index in [1.807, 2.05) is 4.90 Å². The summed E-state index contributed by atoms with van der Waals surface area (Å²) in [6.45, 7) is 5.93. The summed E-state index contributed by atoms with van der Waals surface area (Å²) in [6.07, 6.45) is 4.08. The van der Waals surface area contributed by atoms with E-state index in [9.17, 15) is 4.79 Å². The highest BCUT2D eigenvalue weighted by atomic mass is 16.5. The first-order chi connectivity index (χ1) is 11.2. The standard InChI is InChI=1S/C19H26N2O2/c1-3-16(13-6-4-12(2)5-7-13)20-19(22)21-10-14-15(11-21)18-9-8-17(14)23-18/h4-7,14-18H,3,8-11H2,1-2H3,(H,20,22)/t14-,15+,16-,17-,18-/m1/s1. The first-order valence-corrected chi connectivity index (χ1v) is 8.93. The molecule has 3 aliphatic rings. The van der Waals surface area contributed by atoms with E-state index < -0.39 is 0 Å². The molecule has 0 radical (unpaired) electrons. The average molecular weight is 314 g/mol. The molecule has 5 atom stereocenters. The molecule has 0 saturated carbocycles. The van der Waals surface area contributed by atoms with Gasteiger partial charge >= 0.3 is 6.03 Å². The monoisotopic (exact) mass is 314 g/mol. The van der Waals surface area contributed by atoms with Gasteiger partial charge in [-0.25, -0.2) is 4.79 Å². The van der Waals surface area contributed by atoms with Gasteiger partial charge in [-0.05, 0) is 31.7 Å². The summed E-state index contributed by atoms with van der Waals surface area (Å²) < 4.78 is 5.99. The normalized spacial score (nSPS) is 32.9. The van der Waals surface area contributed by atoms with Crippen molar-refractivity contribution in [1.82, 2.24) is 10.2 Å². The van der Waals surface area contributed by atoms with Gasteiger partial charge in [-0.2, -0.15) is 0 Å². The first-order valence-electron chi connectivity index (χ1n) is 8.93. The molecule has 1 N–H and O–H groups in total. The van der Waals surface area contributed by atoms with Crippen molar-refractivity contribution < 1.29 is 9.53 Å². The third-order valence-electron chi connectivity index (χ3n) is 5.93. The molecule has 0 aliphatic carbocycles. The smallest absolute Gasteiger partial charge is 0.317 e. The van der Waals surface area contributed by atoms with Crippen molar-refractivity contribution >= 4 is 6.03 Å². The Hall–Kier alpha value is -1.55. The van der Waals surface area contributed by atoms with Gasteiger partial charge in [-0.3, -0.25) is 0 Å². The van der Waals surface area contributed by atoms with Crippen LogP contribution in [0.4, 0.5) is 4.79 Å². The number of carbonyl (C=O) groups excluding carboxylic acids is 1. The second kappa shape index (κ2) is 5.82. The van der Waals surface area contributed by atoms with Crippen LogP contribution in [0.5, 0.6) is 0 Å². The second-order valence-electron chi connectivity index (χ2n) is 7.34. The van der Waals surface area contributed by atoms with Gasteiger partial charge < -0.3 is 15.0 Å². The maximum atomic E-state index is 12.7. The summed E-state index contributed by atoms with van der Waals surface area (Å²) in [6, 6.07) is 8.65. The van der Waals surface area contributed by atoms with Crippen LogP contribution in [0.3, 0.4) is 0 Å². The lowest BCUT2D eigenvalue weighted by Crippen LogP contribution is -2.41. The third-order valence-corrected chi connectivity index (χ3v) is 5.93. The SMILES string of the molecule is CC[C@@H](NC(=O)N1C[C@@H]2[C@H](C1)[C@H]1CC[C@H]2O1)c1ccc(C)cc1. The number of likely N-dealkylation sites (tertiary alicyclic amines) is 1. The molecule has 3 heterocycles. The zero-order valence-electron chi connectivity index (χ0n) is 14.0. The molecule has 2 amide bonds. The molecule has 0 aromatic heterocycles. The topological polar surface area (TPSA) is 41.6 Å². The maximum Gasteiger partial charge on any atom is 0.317 e. The summed E-state index contributed by atoms with van der Waals surface area (Å²) in [5.74, 6) is 1.14. The Morgan fingerprint density at radius 1 is 1.22 bits per heavy atom. The van der Waals surface area contributed by atoms with Gasteiger partial charge in [0.2, 0.25) is 0 Å². The third kappa shape index (κ3) is 2.63. The highest BCUT2D eigenvalue weighted by Crippen LogP contribution is 2.47. The van der Waals surface area contributed by atoms with Crippen LogP contribution in [0, 0.1) is 18.8 Å². The predicted octanol–water partition coefficient (Wildman–Crippen LogP) is 3.26. The van der Waals surface area contributed by atoms with E-state index in [0.29, 0.717) is 24.0 Å². The van der Waals surface area contributed by atoms with E-state index in [1.165, 1.54) is 24.0 Å². The summed E-state index contributed by atoms with van der Waals surface area (Å²) in [5.41, 5.74) is 2.44. The van der Waals surface area contributed by atoms with Crippen LogP contribution in [0.25, 0.3) is 0 Å². The Balaban J connectivity index is 1.40. The van der Waals surface area contributed by atoms with Crippen LogP contribution >= 0.6 is 0 Å². The van der Waals surface area contributed by atoms with Crippen molar-refractivity contribution in [2.24, 2.45) is 11.8 Å². The summed E-state index contributed by atoms with van der Waals surface area (Å²) in [4.78, 5) is 14.7. The van der Waals surface area contributed by atoms with Gasteiger partial charge in [-0.15, -0.1) is 0 Å². The Bertz CT molecular complexity index is 568. The minimum absolute atomic E-state index is 0.0891. The zero-order chi connectivity index (χ0) is 16.0. The number of ether oxygens (including phenoxy) is 1. The summed E-state index contributed by atoms with van der Waals surface area (Å²) in [7, 11) is 0. The Kier molecular flexibility index (Phi) is 3.80. The van der Waals surface area contributed by atoms with Crippen LogP contribution in [0.2, 0.25) is 0 Å². The lowest BCUT2D eigenvalue weighted by Gasteiger charge is -2.24. The maximum absolute atomic E-state index is 12.7. The molecule has 3 fully saturated rings. The van der Waals surface area contributed by atoms with Gasteiger partial charge in [0.15, 0.2) is 0 Å². The Morgan fingerprint density at radius 2 is 1.83 bits per heavy atom. The molecular weight excluding hydrogens is 288 g/mol. The number of hydrogen-bond acceptors (Lipinski definition) is 2. The number of fused-ring (bicyclic) bond motifs is 5. The van der Waals surface area contributed by atoms with E-state index >= 15 is 0 Å². The van der Waals surface area contributed by atoms with Gasteiger partial charge in [0.1, 0.15) is 0 Å². The number of carbonyl (C=O) groups is 1. The highest BCUT2D eigenvalue weighted by molar-refractivity contribution is 5.75. The van der Waals surface area contributed by atoms with E-state index in [4.69, 9.17) is 4.74 Å². The van der Waals surface area contributed by atoms with Crippen molar-refractivity contribution in [3.8, 4) is 0 Å². The lowest BCUT2D eigenvalue weighted by molar-refractivity contribution is 0.0737. The molecule has 3 saturated heterocycles. The van der Waals surface area contributed by atoms with Crippen molar-refractivity contribution in [3.05, 3.63) is 35.4 Å². The van der Waals surface area contributed by atoms with Gasteiger partial charge in [0.25, 0.3) is 0 Å². The molecule has 0 unspecified atom stereocenters. The van der Waals surface area contributed by atoms with E-state index in [-0.39, 0.29) is 12.1 Å². The molecule has 0 spiro atoms. The molecule has 1 aromatic carbocycles. The summed E-state index contributed by atoms with van der Waals surface area (Å²) >= 11 is 0. The summed E-state index contributed by atoms with van der Waals surface area (Å²) in [5, 5.41) is 3.23. The predicted molar refractivity (Wildman–Crippen MR) is 89.2 cm³/mol. The molecule has 1 aromatic rings.